The number of hydrazine groups is 1. The number of halogens is 1. The molecule has 0 saturated carbocycles. The van der Waals surface area contributed by atoms with E-state index in [9.17, 15) is 4.79 Å². The van der Waals surface area contributed by atoms with Crippen molar-refractivity contribution in [3.05, 3.63) is 34.3 Å². The summed E-state index contributed by atoms with van der Waals surface area (Å²) in [6.45, 7) is 5.04. The van der Waals surface area contributed by atoms with Gasteiger partial charge in [0.1, 0.15) is 6.04 Å². The van der Waals surface area contributed by atoms with Crippen molar-refractivity contribution < 1.29 is 9.53 Å². The number of amides is 1. The molecule has 6 nitrogen and oxygen atoms in total. The molecule has 2 aliphatic rings. The van der Waals surface area contributed by atoms with Gasteiger partial charge in [0, 0.05) is 36.7 Å². The van der Waals surface area contributed by atoms with Crippen molar-refractivity contribution in [3.8, 4) is 0 Å². The van der Waals surface area contributed by atoms with Crippen LogP contribution in [0, 0.1) is 0 Å². The minimum atomic E-state index is -0.187. The van der Waals surface area contributed by atoms with E-state index in [2.05, 4.69) is 49.1 Å². The summed E-state index contributed by atoms with van der Waals surface area (Å²) in [7, 11) is 0. The maximum Gasteiger partial charge on any atom is 0.238 e. The standard InChI is InChI=1S/C16H23BrN4O2/c17-13-3-1-12(2-4-13)14-11-15(20-19-14)16(22)18-5-6-21-7-9-23-10-8-21/h1-4,14-15,19-20H,5-11H2,(H,18,22). The molecule has 23 heavy (non-hydrogen) atoms. The summed E-state index contributed by atoms with van der Waals surface area (Å²) in [6.07, 6.45) is 0.755. The van der Waals surface area contributed by atoms with Crippen molar-refractivity contribution in [3.63, 3.8) is 0 Å². The van der Waals surface area contributed by atoms with Gasteiger partial charge < -0.3 is 10.1 Å². The number of carbonyl (C=O) groups excluding carboxylic acids is 1. The third kappa shape index (κ3) is 4.74. The molecule has 2 saturated heterocycles. The molecule has 3 rings (SSSR count). The van der Waals surface area contributed by atoms with E-state index in [4.69, 9.17) is 4.74 Å². The molecule has 1 aromatic carbocycles. The second-order valence-corrected chi connectivity index (χ2v) is 6.84. The molecular weight excluding hydrogens is 360 g/mol. The van der Waals surface area contributed by atoms with Crippen LogP contribution in [0.2, 0.25) is 0 Å². The quantitative estimate of drug-likeness (QED) is 0.702. The van der Waals surface area contributed by atoms with Gasteiger partial charge in [-0.1, -0.05) is 28.1 Å². The third-order valence-corrected chi connectivity index (χ3v) is 4.85. The second kappa shape index (κ2) is 8.21. The predicted octanol–water partition coefficient (Wildman–Crippen LogP) is 0.805. The van der Waals surface area contributed by atoms with Crippen molar-refractivity contribution >= 4 is 21.8 Å². The molecule has 1 aromatic rings. The van der Waals surface area contributed by atoms with Crippen LogP contribution in [0.1, 0.15) is 18.0 Å². The number of ether oxygens (including phenoxy) is 1. The Morgan fingerprint density at radius 2 is 2.00 bits per heavy atom. The largest absolute Gasteiger partial charge is 0.379 e. The van der Waals surface area contributed by atoms with Gasteiger partial charge in [-0.3, -0.25) is 9.69 Å². The predicted molar refractivity (Wildman–Crippen MR) is 91.8 cm³/mol. The lowest BCUT2D eigenvalue weighted by Gasteiger charge is -2.26. The van der Waals surface area contributed by atoms with Gasteiger partial charge in [0.25, 0.3) is 0 Å². The number of nitrogens with one attached hydrogen (secondary N) is 3. The van der Waals surface area contributed by atoms with Crippen molar-refractivity contribution in [1.29, 1.82) is 0 Å². The normalized spacial score (nSPS) is 25.4. The van der Waals surface area contributed by atoms with Gasteiger partial charge in [0.15, 0.2) is 0 Å². The van der Waals surface area contributed by atoms with E-state index >= 15 is 0 Å². The fourth-order valence-corrected chi connectivity index (χ4v) is 3.19. The van der Waals surface area contributed by atoms with Gasteiger partial charge in [-0.25, -0.2) is 10.9 Å². The zero-order chi connectivity index (χ0) is 16.1. The summed E-state index contributed by atoms with van der Waals surface area (Å²) in [5.41, 5.74) is 7.50. The molecule has 3 N–H and O–H groups in total. The van der Waals surface area contributed by atoms with Crippen LogP contribution in [0.4, 0.5) is 0 Å². The van der Waals surface area contributed by atoms with Crippen molar-refractivity contribution in [1.82, 2.24) is 21.1 Å². The Bertz CT molecular complexity index is 519. The molecule has 0 aromatic heterocycles. The molecule has 0 spiro atoms. The zero-order valence-electron chi connectivity index (χ0n) is 13.1. The minimum Gasteiger partial charge on any atom is -0.379 e. The monoisotopic (exact) mass is 382 g/mol. The number of morpholine rings is 1. The molecule has 2 fully saturated rings. The smallest absolute Gasteiger partial charge is 0.238 e. The Hall–Kier alpha value is -0.990. The van der Waals surface area contributed by atoms with Crippen LogP contribution in [0.15, 0.2) is 28.7 Å². The average molecular weight is 383 g/mol. The Kier molecular flexibility index (Phi) is 6.02. The molecule has 0 radical (unpaired) electrons. The highest BCUT2D eigenvalue weighted by molar-refractivity contribution is 9.10. The van der Waals surface area contributed by atoms with Gasteiger partial charge in [0.2, 0.25) is 5.91 Å². The van der Waals surface area contributed by atoms with E-state index in [1.807, 2.05) is 12.1 Å². The second-order valence-electron chi connectivity index (χ2n) is 5.93. The maximum absolute atomic E-state index is 12.3. The van der Waals surface area contributed by atoms with Gasteiger partial charge in [-0.05, 0) is 24.1 Å². The van der Waals surface area contributed by atoms with Crippen molar-refractivity contribution in [2.75, 3.05) is 39.4 Å². The Balaban J connectivity index is 1.41. The highest BCUT2D eigenvalue weighted by atomic mass is 79.9. The molecule has 1 amide bonds. The Morgan fingerprint density at radius 3 is 2.74 bits per heavy atom. The van der Waals surface area contributed by atoms with E-state index < -0.39 is 0 Å². The van der Waals surface area contributed by atoms with E-state index in [1.165, 1.54) is 5.56 Å². The van der Waals surface area contributed by atoms with Crippen LogP contribution in [0.3, 0.4) is 0 Å². The Morgan fingerprint density at radius 1 is 1.26 bits per heavy atom. The third-order valence-electron chi connectivity index (χ3n) is 4.32. The topological polar surface area (TPSA) is 65.6 Å². The van der Waals surface area contributed by atoms with E-state index in [0.717, 1.165) is 43.7 Å². The van der Waals surface area contributed by atoms with Crippen LogP contribution in [-0.4, -0.2) is 56.2 Å². The van der Waals surface area contributed by atoms with Gasteiger partial charge in [0.05, 0.1) is 13.2 Å². The fourth-order valence-electron chi connectivity index (χ4n) is 2.93. The molecule has 0 aliphatic carbocycles. The molecular formula is C16H23BrN4O2. The lowest BCUT2D eigenvalue weighted by molar-refractivity contribution is -0.123. The first-order chi connectivity index (χ1) is 11.2. The highest BCUT2D eigenvalue weighted by Crippen LogP contribution is 2.23. The molecule has 2 heterocycles. The molecule has 2 unspecified atom stereocenters. The van der Waals surface area contributed by atoms with Crippen LogP contribution >= 0.6 is 15.9 Å². The van der Waals surface area contributed by atoms with Crippen LogP contribution in [-0.2, 0) is 9.53 Å². The highest BCUT2D eigenvalue weighted by Gasteiger charge is 2.29. The maximum atomic E-state index is 12.3. The lowest BCUT2D eigenvalue weighted by atomic mass is 10.0. The first-order valence-electron chi connectivity index (χ1n) is 8.07. The number of carbonyl (C=O) groups is 1. The lowest BCUT2D eigenvalue weighted by Crippen LogP contribution is -2.46. The van der Waals surface area contributed by atoms with E-state index in [-0.39, 0.29) is 18.0 Å². The Labute approximate surface area is 145 Å². The van der Waals surface area contributed by atoms with Crippen molar-refractivity contribution in [2.45, 2.75) is 18.5 Å². The first-order valence-corrected chi connectivity index (χ1v) is 8.86. The summed E-state index contributed by atoms with van der Waals surface area (Å²) in [4.78, 5) is 14.6. The van der Waals surface area contributed by atoms with Crippen LogP contribution in [0.25, 0.3) is 0 Å². The summed E-state index contributed by atoms with van der Waals surface area (Å²) >= 11 is 3.44. The SMILES string of the molecule is O=C(NCCN1CCOCC1)C1CC(c2ccc(Br)cc2)NN1. The first kappa shape index (κ1) is 16.9. The number of hydrogen-bond donors (Lipinski definition) is 3. The van der Waals surface area contributed by atoms with Crippen LogP contribution < -0.4 is 16.2 Å². The van der Waals surface area contributed by atoms with Crippen LogP contribution in [0.5, 0.6) is 0 Å². The summed E-state index contributed by atoms with van der Waals surface area (Å²) < 4.78 is 6.38. The average Bonchev–Trinajstić information content (AvgIpc) is 3.06. The van der Waals surface area contributed by atoms with Gasteiger partial charge in [-0.2, -0.15) is 0 Å². The molecule has 7 heteroatoms. The van der Waals surface area contributed by atoms with Gasteiger partial charge >= 0.3 is 0 Å². The molecule has 2 atom stereocenters. The molecule has 0 bridgehead atoms. The van der Waals surface area contributed by atoms with Gasteiger partial charge in [-0.15, -0.1) is 0 Å². The number of nitrogens with zero attached hydrogens (tertiary/aromatic N) is 1. The van der Waals surface area contributed by atoms with E-state index in [0.29, 0.717) is 6.54 Å². The number of benzene rings is 1. The van der Waals surface area contributed by atoms with E-state index in [1.54, 1.807) is 0 Å². The zero-order valence-corrected chi connectivity index (χ0v) is 14.6. The minimum absolute atomic E-state index is 0.0605. The molecule has 126 valence electrons. The summed E-state index contributed by atoms with van der Waals surface area (Å²) in [6, 6.07) is 8.16. The fraction of sp³-hybridized carbons (Fsp3) is 0.562. The molecule has 2 aliphatic heterocycles. The number of hydrogen-bond acceptors (Lipinski definition) is 5. The van der Waals surface area contributed by atoms with Crippen molar-refractivity contribution in [2.24, 2.45) is 0 Å². The summed E-state index contributed by atoms with van der Waals surface area (Å²) in [5.74, 6) is 0.0605. The number of rotatable bonds is 5. The summed E-state index contributed by atoms with van der Waals surface area (Å²) in [5, 5.41) is 3.02.